The first-order chi connectivity index (χ1) is 9.51. The van der Waals surface area contributed by atoms with Crippen molar-refractivity contribution in [3.8, 4) is 11.8 Å². The molecule has 0 spiro atoms. The van der Waals surface area contributed by atoms with E-state index in [4.69, 9.17) is 5.73 Å². The number of thioether (sulfide) groups is 1. The van der Waals surface area contributed by atoms with Crippen LogP contribution in [0, 0.1) is 17.7 Å². The predicted molar refractivity (Wildman–Crippen MR) is 82.3 cm³/mol. The zero-order chi connectivity index (χ0) is 15.1. The van der Waals surface area contributed by atoms with Crippen molar-refractivity contribution in [3.63, 3.8) is 0 Å². The lowest BCUT2D eigenvalue weighted by atomic mass is 10.1. The number of amides is 1. The molecule has 3 nitrogen and oxygen atoms in total. The molecule has 1 rings (SSSR count). The third-order valence-corrected chi connectivity index (χ3v) is 3.75. The van der Waals surface area contributed by atoms with Gasteiger partial charge in [0.05, 0.1) is 12.1 Å². The average molecular weight is 294 g/mol. The van der Waals surface area contributed by atoms with E-state index in [1.807, 2.05) is 13.2 Å². The van der Waals surface area contributed by atoms with Crippen LogP contribution < -0.4 is 5.73 Å². The SMILES string of the molecule is CSCC(C)N(C)C(=O)c1ccc(C#CCN)c(F)c1. The Morgan fingerprint density at radius 3 is 2.80 bits per heavy atom. The number of nitrogens with two attached hydrogens (primary N) is 1. The molecule has 108 valence electrons. The number of nitrogens with zero attached hydrogens (tertiary/aromatic N) is 1. The van der Waals surface area contributed by atoms with E-state index in [0.29, 0.717) is 5.56 Å². The molecule has 0 bridgehead atoms. The third-order valence-electron chi connectivity index (χ3n) is 2.93. The van der Waals surface area contributed by atoms with Gasteiger partial charge < -0.3 is 10.6 Å². The molecule has 0 saturated heterocycles. The van der Waals surface area contributed by atoms with Gasteiger partial charge in [0.25, 0.3) is 5.91 Å². The Hall–Kier alpha value is -1.51. The highest BCUT2D eigenvalue weighted by atomic mass is 32.2. The minimum Gasteiger partial charge on any atom is -0.338 e. The normalized spacial score (nSPS) is 11.4. The zero-order valence-electron chi connectivity index (χ0n) is 11.9. The molecule has 1 atom stereocenters. The second kappa shape index (κ2) is 7.93. The molecule has 0 fully saturated rings. The molecule has 20 heavy (non-hydrogen) atoms. The lowest BCUT2D eigenvalue weighted by Crippen LogP contribution is -2.36. The van der Waals surface area contributed by atoms with E-state index in [9.17, 15) is 9.18 Å². The fourth-order valence-corrected chi connectivity index (χ4v) is 2.36. The number of carbonyl (C=O) groups excluding carboxylic acids is 1. The third kappa shape index (κ3) is 4.26. The summed E-state index contributed by atoms with van der Waals surface area (Å²) in [5.74, 6) is 5.37. The number of rotatable bonds is 4. The Bertz CT molecular complexity index is 536. The highest BCUT2D eigenvalue weighted by Gasteiger charge is 2.18. The Labute approximate surface area is 123 Å². The largest absolute Gasteiger partial charge is 0.338 e. The number of hydrogen-bond acceptors (Lipinski definition) is 3. The molecule has 0 aliphatic rings. The van der Waals surface area contributed by atoms with Gasteiger partial charge in [-0.25, -0.2) is 4.39 Å². The van der Waals surface area contributed by atoms with E-state index in [0.717, 1.165) is 5.75 Å². The van der Waals surface area contributed by atoms with Crippen molar-refractivity contribution in [2.45, 2.75) is 13.0 Å². The van der Waals surface area contributed by atoms with Crippen molar-refractivity contribution in [3.05, 3.63) is 35.1 Å². The van der Waals surface area contributed by atoms with Crippen LogP contribution in [0.2, 0.25) is 0 Å². The molecule has 0 aromatic heterocycles. The van der Waals surface area contributed by atoms with Gasteiger partial charge in [0.2, 0.25) is 0 Å². The highest BCUT2D eigenvalue weighted by molar-refractivity contribution is 7.98. The van der Waals surface area contributed by atoms with Crippen LogP contribution in [0.3, 0.4) is 0 Å². The van der Waals surface area contributed by atoms with Crippen LogP contribution in [-0.2, 0) is 0 Å². The highest BCUT2D eigenvalue weighted by Crippen LogP contribution is 2.13. The minimum atomic E-state index is -0.497. The standard InChI is InChI=1S/C15H19FN2OS/c1-11(10-20-3)18(2)15(19)13-7-6-12(5-4-8-17)14(16)9-13/h6-7,9,11H,8,10,17H2,1-3H3. The van der Waals surface area contributed by atoms with Gasteiger partial charge in [-0.2, -0.15) is 11.8 Å². The first-order valence-electron chi connectivity index (χ1n) is 6.25. The second-order valence-electron chi connectivity index (χ2n) is 4.42. The molecule has 0 radical (unpaired) electrons. The number of hydrogen-bond donors (Lipinski definition) is 1. The molecular formula is C15H19FN2OS. The molecule has 1 amide bonds. The monoisotopic (exact) mass is 294 g/mol. The van der Waals surface area contributed by atoms with E-state index in [1.165, 1.54) is 12.1 Å². The van der Waals surface area contributed by atoms with E-state index in [2.05, 4.69) is 11.8 Å². The Morgan fingerprint density at radius 1 is 1.55 bits per heavy atom. The van der Waals surface area contributed by atoms with Crippen LogP contribution in [0.25, 0.3) is 0 Å². The first-order valence-corrected chi connectivity index (χ1v) is 7.65. The van der Waals surface area contributed by atoms with Gasteiger partial charge in [0.1, 0.15) is 5.82 Å². The van der Waals surface area contributed by atoms with E-state index < -0.39 is 5.82 Å². The summed E-state index contributed by atoms with van der Waals surface area (Å²) >= 11 is 1.67. The fourth-order valence-electron chi connectivity index (χ4n) is 1.65. The summed E-state index contributed by atoms with van der Waals surface area (Å²) in [5, 5.41) is 0. The number of carbonyl (C=O) groups is 1. The average Bonchev–Trinajstić information content (AvgIpc) is 2.44. The molecule has 0 heterocycles. The van der Waals surface area contributed by atoms with Gasteiger partial charge >= 0.3 is 0 Å². The summed E-state index contributed by atoms with van der Waals surface area (Å²) in [6.45, 7) is 2.14. The van der Waals surface area contributed by atoms with Gasteiger partial charge in [0.15, 0.2) is 0 Å². The zero-order valence-corrected chi connectivity index (χ0v) is 12.8. The van der Waals surface area contributed by atoms with Gasteiger partial charge in [-0.3, -0.25) is 4.79 Å². The quantitative estimate of drug-likeness (QED) is 0.864. The lowest BCUT2D eigenvalue weighted by Gasteiger charge is -2.24. The van der Waals surface area contributed by atoms with Gasteiger partial charge in [-0.15, -0.1) is 0 Å². The van der Waals surface area contributed by atoms with Gasteiger partial charge in [-0.05, 0) is 31.4 Å². The minimum absolute atomic E-state index is 0.0947. The maximum atomic E-state index is 13.8. The van der Waals surface area contributed by atoms with E-state index in [1.54, 1.807) is 29.8 Å². The van der Waals surface area contributed by atoms with E-state index >= 15 is 0 Å². The summed E-state index contributed by atoms with van der Waals surface area (Å²) < 4.78 is 13.8. The van der Waals surface area contributed by atoms with Crippen molar-refractivity contribution in [2.24, 2.45) is 5.73 Å². The summed E-state index contributed by atoms with van der Waals surface area (Å²) in [5.41, 5.74) is 5.83. The fraction of sp³-hybridized carbons (Fsp3) is 0.400. The molecule has 2 N–H and O–H groups in total. The lowest BCUT2D eigenvalue weighted by molar-refractivity contribution is 0.0757. The first kappa shape index (κ1) is 16.5. The van der Waals surface area contributed by atoms with Crippen molar-refractivity contribution in [1.82, 2.24) is 4.90 Å². The van der Waals surface area contributed by atoms with Crippen LogP contribution in [0.1, 0.15) is 22.8 Å². The molecule has 5 heteroatoms. The Balaban J connectivity index is 2.92. The molecule has 1 aromatic rings. The van der Waals surface area contributed by atoms with Crippen LogP contribution in [0.5, 0.6) is 0 Å². The van der Waals surface area contributed by atoms with Gasteiger partial charge in [0, 0.05) is 24.4 Å². The number of benzene rings is 1. The predicted octanol–water partition coefficient (Wildman–Crippen LogP) is 1.96. The van der Waals surface area contributed by atoms with Crippen LogP contribution in [0.15, 0.2) is 18.2 Å². The topological polar surface area (TPSA) is 46.3 Å². The molecular weight excluding hydrogens is 275 g/mol. The second-order valence-corrected chi connectivity index (χ2v) is 5.33. The maximum Gasteiger partial charge on any atom is 0.253 e. The summed E-state index contributed by atoms with van der Waals surface area (Å²) in [4.78, 5) is 13.9. The molecule has 0 aliphatic carbocycles. The summed E-state index contributed by atoms with van der Waals surface area (Å²) in [6.07, 6.45) is 1.99. The van der Waals surface area contributed by atoms with Crippen molar-refractivity contribution >= 4 is 17.7 Å². The molecule has 0 saturated carbocycles. The van der Waals surface area contributed by atoms with Crippen LogP contribution in [0.4, 0.5) is 4.39 Å². The number of halogens is 1. The Morgan fingerprint density at radius 2 is 2.25 bits per heavy atom. The maximum absolute atomic E-state index is 13.8. The van der Waals surface area contributed by atoms with Crippen LogP contribution >= 0.6 is 11.8 Å². The Kier molecular flexibility index (Phi) is 6.56. The molecule has 1 unspecified atom stereocenters. The summed E-state index contributed by atoms with van der Waals surface area (Å²) in [7, 11) is 1.73. The molecule has 1 aromatic carbocycles. The van der Waals surface area contributed by atoms with Crippen molar-refractivity contribution < 1.29 is 9.18 Å². The summed E-state index contributed by atoms with van der Waals surface area (Å²) in [6, 6.07) is 4.43. The van der Waals surface area contributed by atoms with Crippen molar-refractivity contribution in [2.75, 3.05) is 25.6 Å². The van der Waals surface area contributed by atoms with Gasteiger partial charge in [-0.1, -0.05) is 11.8 Å². The van der Waals surface area contributed by atoms with Crippen LogP contribution in [-0.4, -0.2) is 42.4 Å². The van der Waals surface area contributed by atoms with E-state index in [-0.39, 0.29) is 24.1 Å². The smallest absolute Gasteiger partial charge is 0.253 e. The molecule has 0 aliphatic heterocycles. The van der Waals surface area contributed by atoms with Crippen molar-refractivity contribution in [1.29, 1.82) is 0 Å².